The zero-order valence-electron chi connectivity index (χ0n) is 28.0. The Labute approximate surface area is 266 Å². The van der Waals surface area contributed by atoms with Gasteiger partial charge in [0.1, 0.15) is 37.1 Å². The molecule has 2 heterocycles. The Morgan fingerprint density at radius 1 is 1.02 bits per heavy atom. The van der Waals surface area contributed by atoms with E-state index in [4.69, 9.17) is 28.4 Å². The Morgan fingerprint density at radius 2 is 1.69 bits per heavy atom. The largest absolute Gasteiger partial charge is 0.463 e. The Hall–Kier alpha value is -2.95. The fourth-order valence-electron chi connectivity index (χ4n) is 8.05. The maximum atomic E-state index is 13.3. The van der Waals surface area contributed by atoms with E-state index in [-0.39, 0.29) is 49.5 Å². The van der Waals surface area contributed by atoms with Crippen LogP contribution in [0.5, 0.6) is 0 Å². The van der Waals surface area contributed by atoms with Crippen molar-refractivity contribution in [2.45, 2.75) is 118 Å². The normalized spacial score (nSPS) is 35.6. The lowest BCUT2D eigenvalue weighted by molar-refractivity contribution is -0.391. The lowest BCUT2D eigenvalue weighted by Gasteiger charge is -2.73. The van der Waals surface area contributed by atoms with Gasteiger partial charge in [-0.3, -0.25) is 19.2 Å². The second-order valence-corrected chi connectivity index (χ2v) is 13.9. The molecule has 0 radical (unpaired) electrons. The fourth-order valence-corrected chi connectivity index (χ4v) is 8.05. The monoisotopic (exact) mass is 634 g/mol. The van der Waals surface area contributed by atoms with Gasteiger partial charge in [0.2, 0.25) is 0 Å². The number of hydrogen-bond donors (Lipinski definition) is 0. The van der Waals surface area contributed by atoms with Crippen LogP contribution in [0.1, 0.15) is 93.9 Å². The van der Waals surface area contributed by atoms with Gasteiger partial charge in [0, 0.05) is 31.4 Å². The summed E-state index contributed by atoms with van der Waals surface area (Å²) in [5.41, 5.74) is -1.95. The third-order valence-electron chi connectivity index (χ3n) is 11.3. The minimum Gasteiger partial charge on any atom is -0.463 e. The molecule has 0 bridgehead atoms. The minimum absolute atomic E-state index is 0.0135. The first kappa shape index (κ1) is 34.9. The number of esters is 5. The average Bonchev–Trinajstić information content (AvgIpc) is 3.41. The summed E-state index contributed by atoms with van der Waals surface area (Å²) in [5, 5.41) is 0. The first-order valence-corrected chi connectivity index (χ1v) is 16.4. The number of rotatable bonds is 12. The summed E-state index contributed by atoms with van der Waals surface area (Å²) in [7, 11) is 0. The van der Waals surface area contributed by atoms with Crippen LogP contribution in [-0.2, 0) is 52.4 Å². The molecular weight excluding hydrogens is 584 g/mol. The van der Waals surface area contributed by atoms with Crippen LogP contribution >= 0.6 is 0 Å². The Kier molecular flexibility index (Phi) is 10.4. The van der Waals surface area contributed by atoms with E-state index in [1.807, 2.05) is 20.8 Å². The van der Waals surface area contributed by atoms with Crippen molar-refractivity contribution in [3.63, 3.8) is 0 Å². The van der Waals surface area contributed by atoms with E-state index in [0.29, 0.717) is 44.1 Å². The maximum Gasteiger partial charge on any atom is 0.331 e. The van der Waals surface area contributed by atoms with Gasteiger partial charge >= 0.3 is 29.8 Å². The Bertz CT molecular complexity index is 1210. The number of cyclic esters (lactones) is 1. The predicted octanol–water partition coefficient (Wildman–Crippen LogP) is 4.48. The Morgan fingerprint density at radius 3 is 2.22 bits per heavy atom. The first-order valence-electron chi connectivity index (χ1n) is 16.4. The van der Waals surface area contributed by atoms with Crippen molar-refractivity contribution in [1.29, 1.82) is 0 Å². The molecular formula is C34H50O11. The van der Waals surface area contributed by atoms with Crippen LogP contribution in [0.4, 0.5) is 0 Å². The molecule has 2 aliphatic heterocycles. The molecule has 4 aliphatic rings. The van der Waals surface area contributed by atoms with E-state index >= 15 is 0 Å². The SMILES string of the molecule is CCC(C)C(=O)OC(C[C@]1(C)[C@@H](C)CC(OC(C)=O)[C@]23CO[C@]2(COC(C)=O)CCC(OC(=O)C(C)CC)[C@@H]13)C1=CC(=O)OC1. The number of hydrogen-bond acceptors (Lipinski definition) is 11. The highest BCUT2D eigenvalue weighted by Crippen LogP contribution is 2.70. The number of ether oxygens (including phenoxy) is 6. The summed E-state index contributed by atoms with van der Waals surface area (Å²) in [4.78, 5) is 63.3. The summed E-state index contributed by atoms with van der Waals surface area (Å²) >= 11 is 0. The van der Waals surface area contributed by atoms with E-state index in [9.17, 15) is 24.0 Å². The van der Waals surface area contributed by atoms with Gasteiger partial charge in [-0.15, -0.1) is 0 Å². The topological polar surface area (TPSA) is 141 Å². The van der Waals surface area contributed by atoms with Crippen molar-refractivity contribution in [3.8, 4) is 0 Å². The summed E-state index contributed by atoms with van der Waals surface area (Å²) < 4.78 is 35.7. The quantitative estimate of drug-likeness (QED) is 0.222. The van der Waals surface area contributed by atoms with Crippen molar-refractivity contribution < 1.29 is 52.4 Å². The molecule has 3 fully saturated rings. The van der Waals surface area contributed by atoms with E-state index < -0.39 is 58.6 Å². The van der Waals surface area contributed by atoms with Crippen LogP contribution < -0.4 is 0 Å². The van der Waals surface area contributed by atoms with Crippen molar-refractivity contribution in [3.05, 3.63) is 11.6 Å². The van der Waals surface area contributed by atoms with Crippen LogP contribution in [0.25, 0.3) is 0 Å². The van der Waals surface area contributed by atoms with Gasteiger partial charge in [-0.25, -0.2) is 4.79 Å². The van der Waals surface area contributed by atoms with E-state index in [0.717, 1.165) is 0 Å². The molecule has 252 valence electrons. The molecule has 0 N–H and O–H groups in total. The van der Waals surface area contributed by atoms with Gasteiger partial charge in [-0.2, -0.15) is 0 Å². The lowest BCUT2D eigenvalue weighted by Crippen LogP contribution is -2.81. The standard InChI is InChI=1S/C34H50O11/c1-9-19(3)30(38)44-25-11-12-33(17-41-22(6)35)34(18-42-33)27(43-23(7)36)13-21(5)32(8,29(25)34)15-26(24-14-28(37)40-16-24)45-31(39)20(4)10-2/h14,19-21,25-27,29H,9-13,15-18H2,1-8H3/t19?,20?,21-,25?,26?,27?,29-,32+,33-,34-/m0/s1. The molecule has 1 spiro atoms. The molecule has 10 atom stereocenters. The van der Waals surface area contributed by atoms with Crippen LogP contribution in [-0.4, -0.2) is 73.6 Å². The van der Waals surface area contributed by atoms with Crippen LogP contribution in [0.2, 0.25) is 0 Å². The summed E-state index contributed by atoms with van der Waals surface area (Å²) in [6.07, 6.45) is 2.27. The number of carbonyl (C=O) groups is 5. The van der Waals surface area contributed by atoms with E-state index in [2.05, 4.69) is 13.8 Å². The zero-order chi connectivity index (χ0) is 33.3. The Balaban J connectivity index is 1.86. The summed E-state index contributed by atoms with van der Waals surface area (Å²) in [5.74, 6) is -3.30. The first-order chi connectivity index (χ1) is 21.1. The molecule has 0 aromatic carbocycles. The second-order valence-electron chi connectivity index (χ2n) is 13.9. The van der Waals surface area contributed by atoms with E-state index in [1.54, 1.807) is 6.92 Å². The van der Waals surface area contributed by atoms with E-state index in [1.165, 1.54) is 19.9 Å². The molecule has 0 amide bonds. The predicted molar refractivity (Wildman–Crippen MR) is 160 cm³/mol. The van der Waals surface area contributed by atoms with Crippen LogP contribution in [0, 0.1) is 34.5 Å². The second kappa shape index (κ2) is 13.4. The lowest BCUT2D eigenvalue weighted by atomic mass is 9.39. The van der Waals surface area contributed by atoms with Crippen molar-refractivity contribution in [1.82, 2.24) is 0 Å². The molecule has 2 saturated carbocycles. The molecule has 2 aliphatic carbocycles. The fraction of sp³-hybridized carbons (Fsp3) is 0.794. The van der Waals surface area contributed by atoms with Crippen molar-refractivity contribution >= 4 is 29.8 Å². The molecule has 0 aromatic heterocycles. The molecule has 4 rings (SSSR count). The van der Waals surface area contributed by atoms with Gasteiger partial charge in [0.25, 0.3) is 0 Å². The molecule has 5 unspecified atom stereocenters. The van der Waals surface area contributed by atoms with Gasteiger partial charge in [-0.1, -0.05) is 41.5 Å². The third-order valence-corrected chi connectivity index (χ3v) is 11.3. The molecule has 11 nitrogen and oxygen atoms in total. The van der Waals surface area contributed by atoms with Crippen molar-refractivity contribution in [2.24, 2.45) is 34.5 Å². The minimum atomic E-state index is -0.973. The summed E-state index contributed by atoms with van der Waals surface area (Å²) in [6.45, 7) is 14.5. The highest BCUT2D eigenvalue weighted by molar-refractivity contribution is 5.85. The smallest absolute Gasteiger partial charge is 0.331 e. The molecule has 1 saturated heterocycles. The summed E-state index contributed by atoms with van der Waals surface area (Å²) in [6, 6.07) is 0. The van der Waals surface area contributed by atoms with Crippen LogP contribution in [0.3, 0.4) is 0 Å². The maximum absolute atomic E-state index is 13.3. The number of carbonyl (C=O) groups excluding carboxylic acids is 5. The van der Waals surface area contributed by atoms with Crippen molar-refractivity contribution in [2.75, 3.05) is 19.8 Å². The van der Waals surface area contributed by atoms with Crippen LogP contribution in [0.15, 0.2) is 11.6 Å². The highest BCUT2D eigenvalue weighted by Gasteiger charge is 2.78. The zero-order valence-corrected chi connectivity index (χ0v) is 28.0. The molecule has 45 heavy (non-hydrogen) atoms. The molecule has 11 heteroatoms. The average molecular weight is 635 g/mol. The third kappa shape index (κ3) is 6.38. The highest BCUT2D eigenvalue weighted by atomic mass is 16.6. The van der Waals surface area contributed by atoms with Gasteiger partial charge in [-0.05, 0) is 49.9 Å². The van der Waals surface area contributed by atoms with Gasteiger partial charge in [0.05, 0.1) is 23.9 Å². The molecule has 0 aromatic rings. The van der Waals surface area contributed by atoms with Gasteiger partial charge < -0.3 is 28.4 Å². The van der Waals surface area contributed by atoms with Gasteiger partial charge in [0.15, 0.2) is 0 Å².